The number of hydrogen-bond donors (Lipinski definition) is 6. The molecule has 1 atom stereocenters. The third-order valence-corrected chi connectivity index (χ3v) is 3.65. The summed E-state index contributed by atoms with van der Waals surface area (Å²) in [6.07, 6.45) is 0.562. The van der Waals surface area contributed by atoms with Gasteiger partial charge in [0.05, 0.1) is 0 Å². The van der Waals surface area contributed by atoms with Crippen molar-refractivity contribution in [2.45, 2.75) is 33.4 Å². The van der Waals surface area contributed by atoms with E-state index < -0.39 is 17.1 Å². The van der Waals surface area contributed by atoms with E-state index in [1.54, 1.807) is 15.0 Å². The third kappa shape index (κ3) is 4.71. The highest BCUT2D eigenvalue weighted by Gasteiger charge is 2.28. The summed E-state index contributed by atoms with van der Waals surface area (Å²) in [5.74, 6) is 1.52. The molecule has 2 aromatic rings. The van der Waals surface area contributed by atoms with Crippen LogP contribution in [0.5, 0.6) is 0 Å². The van der Waals surface area contributed by atoms with Gasteiger partial charge in [-0.15, -0.1) is 0 Å². The molecule has 0 saturated heterocycles. The number of aryl methyl sites for hydroxylation is 2. The zero-order valence-electron chi connectivity index (χ0n) is 15.2. The van der Waals surface area contributed by atoms with Crippen LogP contribution in [0, 0.1) is 6.92 Å². The van der Waals surface area contributed by atoms with E-state index in [1.807, 2.05) is 25.7 Å². The standard InChI is InChI=1S/C11H19N7.C3H3N3O3/c1-4-7-14-6(3)8(15-7)9-16-10(12)17-11(13)18(9)5-2;7-1-4-2(8)6-3(9)5-1/h9H,4-5H2,1-3H3,(H,14,15)(H4,12,13,16,17);(H3,4,5,6,7,8,9). The second-order valence-electron chi connectivity index (χ2n) is 5.53. The van der Waals surface area contributed by atoms with E-state index in [9.17, 15) is 14.4 Å². The molecule has 0 aromatic carbocycles. The molecule has 3 heterocycles. The van der Waals surface area contributed by atoms with Crippen molar-refractivity contribution in [3.8, 4) is 0 Å². The van der Waals surface area contributed by atoms with Crippen molar-refractivity contribution in [1.29, 1.82) is 0 Å². The highest BCUT2D eigenvalue weighted by molar-refractivity contribution is 5.95. The van der Waals surface area contributed by atoms with Crippen LogP contribution in [0.4, 0.5) is 0 Å². The number of H-pyrrole nitrogens is 4. The Balaban J connectivity index is 0.000000244. The summed E-state index contributed by atoms with van der Waals surface area (Å²) < 4.78 is 0. The average molecular weight is 378 g/mol. The molecule has 1 aliphatic heterocycles. The fourth-order valence-electron chi connectivity index (χ4n) is 2.43. The lowest BCUT2D eigenvalue weighted by atomic mass is 10.2. The number of hydrogen-bond acceptors (Lipinski definition) is 9. The molecule has 0 bridgehead atoms. The van der Waals surface area contributed by atoms with Crippen LogP contribution in [0.3, 0.4) is 0 Å². The second-order valence-corrected chi connectivity index (χ2v) is 5.53. The first-order valence-electron chi connectivity index (χ1n) is 8.17. The Kier molecular flexibility index (Phi) is 5.95. The lowest BCUT2D eigenvalue weighted by Gasteiger charge is -2.30. The summed E-state index contributed by atoms with van der Waals surface area (Å²) in [6.45, 7) is 6.72. The Morgan fingerprint density at radius 1 is 1.00 bits per heavy atom. The molecule has 0 amide bonds. The number of rotatable bonds is 3. The molecule has 0 saturated carbocycles. The van der Waals surface area contributed by atoms with Gasteiger partial charge in [0.2, 0.25) is 11.9 Å². The topological polar surface area (TPSA) is 207 Å². The number of imidazole rings is 1. The second kappa shape index (κ2) is 8.16. The summed E-state index contributed by atoms with van der Waals surface area (Å²) in [5.41, 5.74) is 11.0. The number of nitrogens with two attached hydrogens (primary N) is 2. The molecular formula is C14H22N10O3. The predicted molar refractivity (Wildman–Crippen MR) is 99.4 cm³/mol. The molecule has 0 aliphatic carbocycles. The molecular weight excluding hydrogens is 356 g/mol. The van der Waals surface area contributed by atoms with Crippen LogP contribution in [-0.4, -0.2) is 48.3 Å². The van der Waals surface area contributed by atoms with Gasteiger partial charge in [0, 0.05) is 18.7 Å². The van der Waals surface area contributed by atoms with Crippen LogP contribution < -0.4 is 28.5 Å². The third-order valence-electron chi connectivity index (χ3n) is 3.65. The van der Waals surface area contributed by atoms with Gasteiger partial charge in [-0.1, -0.05) is 6.92 Å². The maximum absolute atomic E-state index is 10.2. The van der Waals surface area contributed by atoms with Crippen molar-refractivity contribution in [3.05, 3.63) is 48.7 Å². The molecule has 13 nitrogen and oxygen atoms in total. The maximum Gasteiger partial charge on any atom is 0.330 e. The number of aliphatic imine (C=N–C) groups is 2. The van der Waals surface area contributed by atoms with E-state index in [4.69, 9.17) is 11.5 Å². The molecule has 0 spiro atoms. The van der Waals surface area contributed by atoms with Crippen molar-refractivity contribution in [3.63, 3.8) is 0 Å². The summed E-state index contributed by atoms with van der Waals surface area (Å²) in [7, 11) is 0. The minimum atomic E-state index is -0.802. The Hall–Kier alpha value is -3.64. The van der Waals surface area contributed by atoms with Gasteiger partial charge in [-0.2, -0.15) is 4.99 Å². The predicted octanol–water partition coefficient (Wildman–Crippen LogP) is -2.00. The molecule has 3 rings (SSSR count). The fraction of sp³-hybridized carbons (Fsp3) is 0.429. The monoisotopic (exact) mass is 378 g/mol. The smallest absolute Gasteiger partial charge is 0.330 e. The van der Waals surface area contributed by atoms with Crippen LogP contribution in [0.15, 0.2) is 24.4 Å². The number of nitrogens with zero attached hydrogens (tertiary/aromatic N) is 4. The van der Waals surface area contributed by atoms with Crippen molar-refractivity contribution in [1.82, 2.24) is 29.8 Å². The van der Waals surface area contributed by atoms with Crippen molar-refractivity contribution < 1.29 is 0 Å². The Morgan fingerprint density at radius 3 is 2.00 bits per heavy atom. The highest BCUT2D eigenvalue weighted by Crippen LogP contribution is 2.25. The van der Waals surface area contributed by atoms with E-state index in [2.05, 4.69) is 20.0 Å². The molecule has 2 aromatic heterocycles. The summed E-state index contributed by atoms with van der Waals surface area (Å²) in [5, 5.41) is 0. The first-order chi connectivity index (χ1) is 12.7. The minimum absolute atomic E-state index is 0.197. The van der Waals surface area contributed by atoms with Crippen LogP contribution in [0.1, 0.15) is 37.2 Å². The normalized spacial score (nSPS) is 16.3. The molecule has 27 heavy (non-hydrogen) atoms. The van der Waals surface area contributed by atoms with E-state index in [0.29, 0.717) is 12.5 Å². The van der Waals surface area contributed by atoms with Gasteiger partial charge in [-0.05, 0) is 13.8 Å². The Labute approximate surface area is 152 Å². The molecule has 1 aliphatic rings. The minimum Gasteiger partial charge on any atom is -0.369 e. The van der Waals surface area contributed by atoms with Gasteiger partial charge >= 0.3 is 17.1 Å². The Bertz CT molecular complexity index is 946. The molecule has 0 fully saturated rings. The fourth-order valence-corrected chi connectivity index (χ4v) is 2.43. The molecule has 0 radical (unpaired) electrons. The molecule has 1 unspecified atom stereocenters. The molecule has 146 valence electrons. The summed E-state index contributed by atoms with van der Waals surface area (Å²) in [6, 6.07) is 0. The summed E-state index contributed by atoms with van der Waals surface area (Å²) >= 11 is 0. The number of nitrogens with one attached hydrogen (secondary N) is 4. The first-order valence-corrected chi connectivity index (χ1v) is 8.17. The van der Waals surface area contributed by atoms with E-state index >= 15 is 0 Å². The lowest BCUT2D eigenvalue weighted by molar-refractivity contribution is 0.325. The quantitative estimate of drug-likeness (QED) is 0.353. The van der Waals surface area contributed by atoms with Gasteiger partial charge in [0.15, 0.2) is 6.17 Å². The zero-order chi connectivity index (χ0) is 20.1. The van der Waals surface area contributed by atoms with Crippen LogP contribution >= 0.6 is 0 Å². The van der Waals surface area contributed by atoms with Crippen molar-refractivity contribution in [2.75, 3.05) is 6.54 Å². The van der Waals surface area contributed by atoms with Crippen LogP contribution in [0.25, 0.3) is 0 Å². The van der Waals surface area contributed by atoms with Gasteiger partial charge in [-0.25, -0.2) is 24.4 Å². The van der Waals surface area contributed by atoms with Crippen LogP contribution in [-0.2, 0) is 6.42 Å². The van der Waals surface area contributed by atoms with E-state index in [1.165, 1.54) is 0 Å². The van der Waals surface area contributed by atoms with Gasteiger partial charge in [0.1, 0.15) is 11.5 Å². The number of aromatic amines is 4. The molecule has 8 N–H and O–H groups in total. The van der Waals surface area contributed by atoms with Crippen molar-refractivity contribution in [2.24, 2.45) is 21.5 Å². The maximum atomic E-state index is 10.2. The van der Waals surface area contributed by atoms with Gasteiger partial charge in [0.25, 0.3) is 0 Å². The van der Waals surface area contributed by atoms with Gasteiger partial charge in [-0.3, -0.25) is 15.0 Å². The van der Waals surface area contributed by atoms with Crippen LogP contribution in [0.2, 0.25) is 0 Å². The largest absolute Gasteiger partial charge is 0.369 e. The highest BCUT2D eigenvalue weighted by atomic mass is 16.2. The first kappa shape index (κ1) is 19.7. The van der Waals surface area contributed by atoms with Crippen molar-refractivity contribution >= 4 is 11.9 Å². The zero-order valence-corrected chi connectivity index (χ0v) is 15.2. The summed E-state index contributed by atoms with van der Waals surface area (Å²) in [4.78, 5) is 53.9. The SMILES string of the molecule is CCc1nc(C2N=C(N)N=C(N)N2CC)c(C)[nH]1.O=c1[nH]c(=O)[nH]c(=O)[nH]1. The Morgan fingerprint density at radius 2 is 1.56 bits per heavy atom. The number of guanidine groups is 2. The average Bonchev–Trinajstić information content (AvgIpc) is 2.94. The molecule has 13 heteroatoms. The lowest BCUT2D eigenvalue weighted by Crippen LogP contribution is -2.44. The number of aromatic nitrogens is 5. The van der Waals surface area contributed by atoms with Gasteiger partial charge < -0.3 is 21.4 Å². The van der Waals surface area contributed by atoms with E-state index in [0.717, 1.165) is 23.6 Å². The van der Waals surface area contributed by atoms with E-state index in [-0.39, 0.29) is 12.1 Å².